The molecule has 4 aromatic rings. The number of nitrogens with zero attached hydrogens (tertiary/aromatic N) is 3. The van der Waals surface area contributed by atoms with E-state index in [-0.39, 0.29) is 30.3 Å². The number of hydrogen-bond acceptors (Lipinski definition) is 9. The van der Waals surface area contributed by atoms with Crippen LogP contribution in [0.5, 0.6) is 17.4 Å². The summed E-state index contributed by atoms with van der Waals surface area (Å²) in [6.07, 6.45) is -0.0404. The van der Waals surface area contributed by atoms with Gasteiger partial charge in [-0.25, -0.2) is 24.1 Å². The molecule has 1 aliphatic heterocycles. The predicted molar refractivity (Wildman–Crippen MR) is 134 cm³/mol. The molecular weight excluding hydrogens is 525 g/mol. The summed E-state index contributed by atoms with van der Waals surface area (Å²) in [6, 6.07) is 4.69. The highest BCUT2D eigenvalue weighted by atomic mass is 32.1. The van der Waals surface area contributed by atoms with Crippen LogP contribution < -0.4 is 19.5 Å². The first-order chi connectivity index (χ1) is 18.0. The highest BCUT2D eigenvalue weighted by molar-refractivity contribution is 7.22. The van der Waals surface area contributed by atoms with Gasteiger partial charge in [0.2, 0.25) is 5.88 Å². The molecule has 2 aromatic carbocycles. The molecule has 0 fully saturated rings. The van der Waals surface area contributed by atoms with Gasteiger partial charge in [0, 0.05) is 11.6 Å². The molecule has 9 nitrogen and oxygen atoms in total. The lowest BCUT2D eigenvalue weighted by atomic mass is 10.1. The number of rotatable bonds is 5. The Morgan fingerprint density at radius 3 is 2.76 bits per heavy atom. The molecule has 0 saturated carbocycles. The molecule has 1 N–H and O–H groups in total. The number of thiazole rings is 1. The van der Waals surface area contributed by atoms with E-state index in [1.54, 1.807) is 39.8 Å². The van der Waals surface area contributed by atoms with E-state index in [1.807, 2.05) is 0 Å². The van der Waals surface area contributed by atoms with Gasteiger partial charge in [0.15, 0.2) is 23.4 Å². The van der Waals surface area contributed by atoms with Crippen LogP contribution in [0.15, 0.2) is 24.4 Å². The van der Waals surface area contributed by atoms with Gasteiger partial charge in [0.25, 0.3) is 0 Å². The van der Waals surface area contributed by atoms with Crippen LogP contribution in [0.1, 0.15) is 26.3 Å². The number of aromatic nitrogens is 3. The van der Waals surface area contributed by atoms with E-state index in [2.05, 4.69) is 25.0 Å². The third kappa shape index (κ3) is 5.37. The van der Waals surface area contributed by atoms with E-state index in [4.69, 9.17) is 14.2 Å². The van der Waals surface area contributed by atoms with E-state index < -0.39 is 30.2 Å². The lowest BCUT2D eigenvalue weighted by Gasteiger charge is -2.27. The summed E-state index contributed by atoms with van der Waals surface area (Å²) in [4.78, 5) is 24.9. The molecule has 5 rings (SSSR count). The number of carbonyl (C=O) groups is 1. The van der Waals surface area contributed by atoms with Crippen molar-refractivity contribution in [2.75, 3.05) is 13.2 Å². The van der Waals surface area contributed by atoms with Gasteiger partial charge < -0.3 is 24.3 Å². The zero-order valence-electron chi connectivity index (χ0n) is 20.8. The summed E-state index contributed by atoms with van der Waals surface area (Å²) < 4.78 is 62.1. The van der Waals surface area contributed by atoms with E-state index in [0.29, 0.717) is 32.1 Å². The fraction of sp³-hybridized carbons (Fsp3) is 0.360. The first kappa shape index (κ1) is 25.8. The van der Waals surface area contributed by atoms with Gasteiger partial charge in [-0.3, -0.25) is 0 Å². The molecule has 200 valence electrons. The van der Waals surface area contributed by atoms with E-state index in [9.17, 15) is 18.0 Å². The van der Waals surface area contributed by atoms with E-state index >= 15 is 0 Å². The number of fused-ring (bicyclic) bond motifs is 4. The SMILES string of the molecule is Cc1cc(-c2nc3c(F)cc4c(c3s2)OC(CNC(=O)OC(C)(C)C)CO4)c2ncc(OC(F)F)nc2c1. The molecule has 38 heavy (non-hydrogen) atoms. The van der Waals surface area contributed by atoms with E-state index in [0.717, 1.165) is 23.1 Å². The van der Waals surface area contributed by atoms with Gasteiger partial charge in [-0.2, -0.15) is 8.78 Å². The van der Waals surface area contributed by atoms with Gasteiger partial charge >= 0.3 is 12.7 Å². The number of alkyl halides is 2. The van der Waals surface area contributed by atoms with Gasteiger partial charge in [0.05, 0.1) is 23.8 Å². The lowest BCUT2D eigenvalue weighted by Crippen LogP contribution is -2.42. The molecule has 1 unspecified atom stereocenters. The van der Waals surface area contributed by atoms with Crippen molar-refractivity contribution in [1.29, 1.82) is 0 Å². The quantitative estimate of drug-likeness (QED) is 0.343. The van der Waals surface area contributed by atoms with Crippen molar-refractivity contribution in [3.63, 3.8) is 0 Å². The molecule has 3 heterocycles. The van der Waals surface area contributed by atoms with Crippen LogP contribution in [-0.4, -0.2) is 52.5 Å². The lowest BCUT2D eigenvalue weighted by molar-refractivity contribution is -0.0528. The van der Waals surface area contributed by atoms with E-state index in [1.165, 1.54) is 6.07 Å². The number of amides is 1. The minimum atomic E-state index is -3.03. The Morgan fingerprint density at radius 2 is 2.03 bits per heavy atom. The van der Waals surface area contributed by atoms with Gasteiger partial charge in [-0.15, -0.1) is 11.3 Å². The number of ether oxygens (including phenoxy) is 4. The molecule has 1 amide bonds. The summed E-state index contributed by atoms with van der Waals surface area (Å²) in [5.41, 5.74) is 1.46. The van der Waals surface area contributed by atoms with Crippen molar-refractivity contribution < 1.29 is 36.9 Å². The zero-order chi connectivity index (χ0) is 27.2. The number of nitrogens with one attached hydrogen (secondary N) is 1. The van der Waals surface area contributed by atoms with Crippen molar-refractivity contribution in [3.05, 3.63) is 35.8 Å². The Morgan fingerprint density at radius 1 is 1.24 bits per heavy atom. The molecule has 0 saturated heterocycles. The minimum Gasteiger partial charge on any atom is -0.486 e. The number of benzene rings is 2. The third-order valence-electron chi connectivity index (χ3n) is 5.33. The van der Waals surface area contributed by atoms with Crippen LogP contribution in [0.2, 0.25) is 0 Å². The molecule has 13 heteroatoms. The molecule has 1 aliphatic rings. The van der Waals surface area contributed by atoms with Crippen LogP contribution in [-0.2, 0) is 4.74 Å². The van der Waals surface area contributed by atoms with Crippen LogP contribution in [0.4, 0.5) is 18.0 Å². The maximum absolute atomic E-state index is 15.0. The minimum absolute atomic E-state index is 0.0772. The van der Waals surface area contributed by atoms with Gasteiger partial charge in [0.1, 0.15) is 27.4 Å². The Hall–Kier alpha value is -3.87. The third-order valence-corrected chi connectivity index (χ3v) is 6.42. The maximum Gasteiger partial charge on any atom is 0.407 e. The molecule has 0 radical (unpaired) electrons. The van der Waals surface area contributed by atoms with Gasteiger partial charge in [-0.05, 0) is 45.4 Å². The first-order valence-electron chi connectivity index (χ1n) is 11.6. The normalized spacial score (nSPS) is 15.2. The number of halogens is 3. The maximum atomic E-state index is 15.0. The summed E-state index contributed by atoms with van der Waals surface area (Å²) in [6.45, 7) is 4.26. The molecule has 1 atom stereocenters. The predicted octanol–water partition coefficient (Wildman–Crippen LogP) is 5.62. The Balaban J connectivity index is 1.48. The van der Waals surface area contributed by atoms with Gasteiger partial charge in [-0.1, -0.05) is 0 Å². The second-order valence-electron chi connectivity index (χ2n) is 9.58. The first-order valence-corrected chi connectivity index (χ1v) is 12.4. The molecular formula is C25H23F3N4O5S. The smallest absolute Gasteiger partial charge is 0.407 e. The summed E-state index contributed by atoms with van der Waals surface area (Å²) in [7, 11) is 0. The van der Waals surface area contributed by atoms with Crippen LogP contribution in [0.3, 0.4) is 0 Å². The zero-order valence-corrected chi connectivity index (χ0v) is 21.6. The second-order valence-corrected chi connectivity index (χ2v) is 10.6. The van der Waals surface area contributed by atoms with Crippen molar-refractivity contribution in [3.8, 4) is 28.0 Å². The Labute approximate surface area is 218 Å². The highest BCUT2D eigenvalue weighted by Gasteiger charge is 2.28. The number of alkyl carbamates (subject to hydrolysis) is 1. The molecule has 2 aromatic heterocycles. The van der Waals surface area contributed by atoms with Crippen LogP contribution >= 0.6 is 11.3 Å². The van der Waals surface area contributed by atoms with Crippen molar-refractivity contribution in [2.45, 2.75) is 46.0 Å². The van der Waals surface area contributed by atoms with Crippen LogP contribution in [0, 0.1) is 12.7 Å². The fourth-order valence-electron chi connectivity index (χ4n) is 3.89. The average molecular weight is 549 g/mol. The number of carbonyl (C=O) groups excluding carboxylic acids is 1. The number of aryl methyl sites for hydroxylation is 1. The molecule has 0 bridgehead atoms. The molecule has 0 aliphatic carbocycles. The molecule has 0 spiro atoms. The average Bonchev–Trinajstić information content (AvgIpc) is 3.27. The second kappa shape index (κ2) is 9.78. The highest BCUT2D eigenvalue weighted by Crippen LogP contribution is 2.45. The summed E-state index contributed by atoms with van der Waals surface area (Å²) >= 11 is 1.16. The van der Waals surface area contributed by atoms with Crippen molar-refractivity contribution in [2.24, 2.45) is 0 Å². The van der Waals surface area contributed by atoms with Crippen LogP contribution in [0.25, 0.3) is 31.8 Å². The number of hydrogen-bond donors (Lipinski definition) is 1. The Kier molecular flexibility index (Phi) is 6.63. The summed E-state index contributed by atoms with van der Waals surface area (Å²) in [5, 5.41) is 3.07. The largest absolute Gasteiger partial charge is 0.486 e. The standard InChI is InChI=1S/C25H23F3N4O5S/c1-11-5-13(18-15(6-11)31-17(9-29-18)36-23(27)28)22-32-19-14(26)7-16-20(21(19)38-22)35-12(10-34-16)8-30-24(33)37-25(2,3)4/h5-7,9,12,23H,8,10H2,1-4H3,(H,30,33). The monoisotopic (exact) mass is 548 g/mol. The van der Waals surface area contributed by atoms with Crippen molar-refractivity contribution >= 4 is 38.7 Å². The van der Waals surface area contributed by atoms with Crippen molar-refractivity contribution in [1.82, 2.24) is 20.3 Å². The fourth-order valence-corrected chi connectivity index (χ4v) is 4.96. The summed E-state index contributed by atoms with van der Waals surface area (Å²) in [5.74, 6) is -0.375. The Bertz CT molecular complexity index is 1540. The topological polar surface area (TPSA) is 105 Å².